The van der Waals surface area contributed by atoms with E-state index in [9.17, 15) is 4.79 Å². The number of nitrogens with zero attached hydrogens (tertiary/aromatic N) is 2. The van der Waals surface area contributed by atoms with Gasteiger partial charge >= 0.3 is 6.03 Å². The van der Waals surface area contributed by atoms with Gasteiger partial charge in [0.1, 0.15) is 23.4 Å². The second-order valence-electron chi connectivity index (χ2n) is 7.17. The van der Waals surface area contributed by atoms with Crippen LogP contribution in [0.25, 0.3) is 0 Å². The molecule has 146 valence electrons. The fourth-order valence-corrected chi connectivity index (χ4v) is 3.62. The average Bonchev–Trinajstić information content (AvgIpc) is 2.99. The van der Waals surface area contributed by atoms with Gasteiger partial charge < -0.3 is 24.3 Å². The van der Waals surface area contributed by atoms with Crippen molar-refractivity contribution in [3.8, 4) is 5.75 Å². The summed E-state index contributed by atoms with van der Waals surface area (Å²) in [6, 6.07) is 9.79. The molecule has 0 spiro atoms. The second-order valence-corrected chi connectivity index (χ2v) is 7.17. The van der Waals surface area contributed by atoms with Gasteiger partial charge in [-0.15, -0.1) is 0 Å². The SMILES string of the molecule is CCN1C[C@H](CN(C)C(=O)N[C@@H](C)c2cc(C)oc2C)Oc2ccccc21. The molecule has 0 fully saturated rings. The summed E-state index contributed by atoms with van der Waals surface area (Å²) in [6.07, 6.45) is -0.0659. The van der Waals surface area contributed by atoms with Gasteiger partial charge in [-0.1, -0.05) is 12.1 Å². The summed E-state index contributed by atoms with van der Waals surface area (Å²) in [5.41, 5.74) is 2.12. The van der Waals surface area contributed by atoms with E-state index in [2.05, 4.69) is 23.2 Å². The highest BCUT2D eigenvalue weighted by Gasteiger charge is 2.27. The van der Waals surface area contributed by atoms with Crippen molar-refractivity contribution in [1.82, 2.24) is 10.2 Å². The maximum Gasteiger partial charge on any atom is 0.317 e. The van der Waals surface area contributed by atoms with Gasteiger partial charge in [0, 0.05) is 19.2 Å². The zero-order valence-corrected chi connectivity index (χ0v) is 16.8. The van der Waals surface area contributed by atoms with E-state index in [4.69, 9.17) is 9.15 Å². The molecule has 6 nitrogen and oxygen atoms in total. The third-order valence-corrected chi connectivity index (χ3v) is 5.02. The molecule has 6 heteroatoms. The van der Waals surface area contributed by atoms with Crippen molar-refractivity contribution in [2.45, 2.75) is 39.8 Å². The number of nitrogens with one attached hydrogen (secondary N) is 1. The summed E-state index contributed by atoms with van der Waals surface area (Å²) in [5.74, 6) is 2.57. The largest absolute Gasteiger partial charge is 0.485 e. The van der Waals surface area contributed by atoms with E-state index in [0.29, 0.717) is 6.54 Å². The number of likely N-dealkylation sites (N-methyl/N-ethyl adjacent to an activating group) is 2. The van der Waals surface area contributed by atoms with E-state index < -0.39 is 0 Å². The lowest BCUT2D eigenvalue weighted by molar-refractivity contribution is 0.144. The van der Waals surface area contributed by atoms with Gasteiger partial charge in [0.2, 0.25) is 0 Å². The molecule has 1 aliphatic rings. The van der Waals surface area contributed by atoms with Gasteiger partial charge in [-0.3, -0.25) is 0 Å². The predicted octanol–water partition coefficient (Wildman–Crippen LogP) is 3.89. The lowest BCUT2D eigenvalue weighted by atomic mass is 10.1. The number of para-hydroxylation sites is 2. The molecule has 2 heterocycles. The topological polar surface area (TPSA) is 58.0 Å². The maximum absolute atomic E-state index is 12.6. The normalized spacial score (nSPS) is 17.1. The van der Waals surface area contributed by atoms with Gasteiger partial charge in [0.25, 0.3) is 0 Å². The van der Waals surface area contributed by atoms with E-state index >= 15 is 0 Å². The van der Waals surface area contributed by atoms with Crippen molar-refractivity contribution in [1.29, 1.82) is 0 Å². The molecule has 1 aliphatic heterocycles. The summed E-state index contributed by atoms with van der Waals surface area (Å²) < 4.78 is 11.7. The van der Waals surface area contributed by atoms with E-state index in [0.717, 1.165) is 41.6 Å². The Balaban J connectivity index is 1.61. The molecule has 0 unspecified atom stereocenters. The van der Waals surface area contributed by atoms with Gasteiger partial charge in [0.05, 0.1) is 24.8 Å². The van der Waals surface area contributed by atoms with Crippen LogP contribution in [-0.4, -0.2) is 43.7 Å². The highest BCUT2D eigenvalue weighted by molar-refractivity contribution is 5.74. The Hall–Kier alpha value is -2.63. The van der Waals surface area contributed by atoms with Crippen LogP contribution in [0.15, 0.2) is 34.7 Å². The third-order valence-electron chi connectivity index (χ3n) is 5.02. The number of fused-ring (bicyclic) bond motifs is 1. The third kappa shape index (κ3) is 4.21. The number of benzene rings is 1. The molecule has 27 heavy (non-hydrogen) atoms. The molecule has 1 aromatic heterocycles. The number of anilines is 1. The number of aryl methyl sites for hydroxylation is 2. The van der Waals surface area contributed by atoms with Gasteiger partial charge in [-0.05, 0) is 45.9 Å². The minimum atomic E-state index is -0.119. The zero-order valence-electron chi connectivity index (χ0n) is 16.8. The molecule has 0 bridgehead atoms. The Morgan fingerprint density at radius 2 is 2.11 bits per heavy atom. The molecule has 0 radical (unpaired) electrons. The number of hydrogen-bond acceptors (Lipinski definition) is 4. The van der Waals surface area contributed by atoms with Crippen molar-refractivity contribution in [3.05, 3.63) is 47.4 Å². The molecule has 2 aromatic rings. The van der Waals surface area contributed by atoms with Gasteiger partial charge in [-0.25, -0.2) is 4.79 Å². The highest BCUT2D eigenvalue weighted by atomic mass is 16.5. The molecule has 3 rings (SSSR count). The molecular weight excluding hydrogens is 342 g/mol. The van der Waals surface area contributed by atoms with Crippen molar-refractivity contribution in [2.75, 3.05) is 31.6 Å². The molecule has 2 amide bonds. The second kappa shape index (κ2) is 7.94. The molecule has 1 N–H and O–H groups in total. The summed E-state index contributed by atoms with van der Waals surface area (Å²) in [7, 11) is 1.80. The summed E-state index contributed by atoms with van der Waals surface area (Å²) >= 11 is 0. The number of ether oxygens (including phenoxy) is 1. The molecule has 2 atom stereocenters. The first kappa shape index (κ1) is 19.1. The molecule has 0 aliphatic carbocycles. The minimum Gasteiger partial charge on any atom is -0.485 e. The van der Waals surface area contributed by atoms with Crippen molar-refractivity contribution < 1.29 is 13.9 Å². The number of furan rings is 1. The number of rotatable bonds is 5. The molecule has 0 saturated carbocycles. The first-order valence-corrected chi connectivity index (χ1v) is 9.48. The van der Waals surface area contributed by atoms with Crippen LogP contribution < -0.4 is 15.0 Å². The summed E-state index contributed by atoms with van der Waals surface area (Å²) in [4.78, 5) is 16.6. The first-order chi connectivity index (χ1) is 12.9. The van der Waals surface area contributed by atoms with E-state index in [1.54, 1.807) is 11.9 Å². The van der Waals surface area contributed by atoms with Crippen molar-refractivity contribution >= 4 is 11.7 Å². The standard InChI is InChI=1S/C21H29N3O3/c1-6-24-13-17(27-20-10-8-7-9-19(20)24)12-23(5)21(25)22-15(3)18-11-14(2)26-16(18)4/h7-11,15,17H,6,12-13H2,1-5H3,(H,22,25)/t15-,17-/m0/s1. The predicted molar refractivity (Wildman–Crippen MR) is 107 cm³/mol. The molecular formula is C21H29N3O3. The van der Waals surface area contributed by atoms with Crippen LogP contribution in [0, 0.1) is 13.8 Å². The van der Waals surface area contributed by atoms with E-state index in [1.807, 2.05) is 45.0 Å². The van der Waals surface area contributed by atoms with Crippen LogP contribution in [0.3, 0.4) is 0 Å². The quantitative estimate of drug-likeness (QED) is 0.866. The molecule has 0 saturated heterocycles. The Morgan fingerprint density at radius 1 is 1.37 bits per heavy atom. The average molecular weight is 371 g/mol. The number of urea groups is 1. The fourth-order valence-electron chi connectivity index (χ4n) is 3.62. The van der Waals surface area contributed by atoms with E-state index in [1.165, 1.54) is 0 Å². The highest BCUT2D eigenvalue weighted by Crippen LogP contribution is 2.32. The van der Waals surface area contributed by atoms with Crippen LogP contribution in [0.2, 0.25) is 0 Å². The van der Waals surface area contributed by atoms with E-state index in [-0.39, 0.29) is 18.2 Å². The van der Waals surface area contributed by atoms with Crippen LogP contribution in [0.1, 0.15) is 37.0 Å². The monoisotopic (exact) mass is 371 g/mol. The Bertz CT molecular complexity index is 802. The lowest BCUT2D eigenvalue weighted by Crippen LogP contribution is -2.49. The summed E-state index contributed by atoms with van der Waals surface area (Å²) in [5, 5.41) is 3.04. The van der Waals surface area contributed by atoms with Crippen LogP contribution in [0.5, 0.6) is 5.75 Å². The molecule has 1 aromatic carbocycles. The Kier molecular flexibility index (Phi) is 5.63. The van der Waals surface area contributed by atoms with Gasteiger partial charge in [0.15, 0.2) is 0 Å². The number of amides is 2. The van der Waals surface area contributed by atoms with Crippen LogP contribution in [-0.2, 0) is 0 Å². The first-order valence-electron chi connectivity index (χ1n) is 9.48. The number of carbonyl (C=O) groups excluding carboxylic acids is 1. The van der Waals surface area contributed by atoms with Crippen molar-refractivity contribution in [2.24, 2.45) is 0 Å². The van der Waals surface area contributed by atoms with Crippen LogP contribution >= 0.6 is 0 Å². The fraction of sp³-hybridized carbons (Fsp3) is 0.476. The van der Waals surface area contributed by atoms with Crippen LogP contribution in [0.4, 0.5) is 10.5 Å². The maximum atomic E-state index is 12.6. The summed E-state index contributed by atoms with van der Waals surface area (Å²) in [6.45, 7) is 10.1. The zero-order chi connectivity index (χ0) is 19.6. The van der Waals surface area contributed by atoms with Gasteiger partial charge in [-0.2, -0.15) is 0 Å². The Labute approximate surface area is 161 Å². The smallest absolute Gasteiger partial charge is 0.317 e. The minimum absolute atomic E-state index is 0.0659. The lowest BCUT2D eigenvalue weighted by Gasteiger charge is -2.37. The Morgan fingerprint density at radius 3 is 2.78 bits per heavy atom. The van der Waals surface area contributed by atoms with Crippen molar-refractivity contribution in [3.63, 3.8) is 0 Å². The number of carbonyl (C=O) groups is 1. The number of hydrogen-bond donors (Lipinski definition) is 1.